The first-order valence-corrected chi connectivity index (χ1v) is 3.99. The molecule has 1 aromatic rings. The van der Waals surface area contributed by atoms with E-state index in [1.54, 1.807) is 0 Å². The molecule has 0 saturated heterocycles. The monoisotopic (exact) mass is 136 g/mol. The summed E-state index contributed by atoms with van der Waals surface area (Å²) in [4.78, 5) is 0. The van der Waals surface area contributed by atoms with Crippen molar-refractivity contribution in [1.82, 2.24) is 0 Å². The van der Waals surface area contributed by atoms with Gasteiger partial charge in [-0.05, 0) is 6.32 Å². The van der Waals surface area contributed by atoms with Gasteiger partial charge in [-0.2, -0.15) is 9.12 Å². The molecule has 0 aliphatic rings. The minimum atomic E-state index is 1.16. The maximum absolute atomic E-state index is 2.73. The van der Waals surface area contributed by atoms with Gasteiger partial charge in [-0.3, -0.25) is 0 Å². The molecule has 0 bridgehead atoms. The fourth-order valence-electron chi connectivity index (χ4n) is 0.811. The Morgan fingerprint density at radius 3 is 2.44 bits per heavy atom. The van der Waals surface area contributed by atoms with E-state index in [-0.39, 0.29) is 0 Å². The van der Waals surface area contributed by atoms with Gasteiger partial charge < -0.3 is 0 Å². The summed E-state index contributed by atoms with van der Waals surface area (Å²) in [5, 5.41) is 0. The second-order valence-electron chi connectivity index (χ2n) is 2.02. The van der Waals surface area contributed by atoms with Crippen LogP contribution >= 0.6 is 9.12 Å². The van der Waals surface area contributed by atoms with Gasteiger partial charge in [0.25, 0.3) is 0 Å². The summed E-state index contributed by atoms with van der Waals surface area (Å²) in [5.41, 5.74) is 1.42. The molecule has 0 aromatic heterocycles. The normalized spacial score (nSPS) is 9.00. The molecule has 0 N–H and O–H groups in total. The molecule has 46 valence electrons. The molecule has 2 heteroatoms. The van der Waals surface area contributed by atoms with E-state index in [0.717, 1.165) is 7.00 Å². The van der Waals surface area contributed by atoms with Crippen molar-refractivity contribution in [2.75, 3.05) is 0 Å². The van der Waals surface area contributed by atoms with Crippen molar-refractivity contribution in [2.24, 2.45) is 0 Å². The molecule has 9 heavy (non-hydrogen) atoms. The van der Waals surface area contributed by atoms with Gasteiger partial charge >= 0.3 is 0 Å². The third kappa shape index (κ3) is 2.19. The average Bonchev–Trinajstić information content (AvgIpc) is 1.91. The van der Waals surface area contributed by atoms with E-state index in [4.69, 9.17) is 0 Å². The molecule has 0 aliphatic heterocycles. The van der Waals surface area contributed by atoms with Crippen LogP contribution in [0.2, 0.25) is 0 Å². The Hall–Kier alpha value is -0.285. The molecule has 0 radical (unpaired) electrons. The molecule has 0 spiro atoms. The van der Waals surface area contributed by atoms with Crippen LogP contribution in [0.4, 0.5) is 0 Å². The first-order chi connectivity index (χ1) is 4.43. The van der Waals surface area contributed by atoms with Crippen LogP contribution in [0.5, 0.6) is 0 Å². The lowest BCUT2D eigenvalue weighted by Crippen LogP contribution is -1.85. The SMILES string of the molecule is PBCc1ccccc1. The summed E-state index contributed by atoms with van der Waals surface area (Å²) in [6.07, 6.45) is 1.17. The van der Waals surface area contributed by atoms with E-state index < -0.39 is 0 Å². The highest BCUT2D eigenvalue weighted by molar-refractivity contribution is 7.55. The van der Waals surface area contributed by atoms with Gasteiger partial charge in [-0.1, -0.05) is 35.9 Å². The fraction of sp³-hybridized carbons (Fsp3) is 0.143. The van der Waals surface area contributed by atoms with E-state index in [1.807, 2.05) is 6.07 Å². The molecule has 1 rings (SSSR count). The number of hydrogen-bond donors (Lipinski definition) is 0. The van der Waals surface area contributed by atoms with Gasteiger partial charge in [0, 0.05) is 0 Å². The third-order valence-corrected chi connectivity index (χ3v) is 1.56. The summed E-state index contributed by atoms with van der Waals surface area (Å²) in [6, 6.07) is 10.5. The standard InChI is InChI=1S/C7H10BP/c9-8-6-7-4-2-1-3-5-7/h1-5,8H,6,9H2. The maximum Gasteiger partial charge on any atom is 0.149 e. The van der Waals surface area contributed by atoms with Crippen molar-refractivity contribution in [3.8, 4) is 0 Å². The first-order valence-electron chi connectivity index (χ1n) is 3.17. The van der Waals surface area contributed by atoms with Crippen LogP contribution in [0, 0.1) is 0 Å². The predicted octanol–water partition coefficient (Wildman–Crippen LogP) is 1.41. The quantitative estimate of drug-likeness (QED) is 0.425. The average molecular weight is 136 g/mol. The van der Waals surface area contributed by atoms with Crippen molar-refractivity contribution >= 4 is 16.1 Å². The van der Waals surface area contributed by atoms with Crippen LogP contribution in [-0.2, 0) is 6.32 Å². The predicted molar refractivity (Wildman–Crippen MR) is 47.0 cm³/mol. The van der Waals surface area contributed by atoms with Crippen LogP contribution in [0.1, 0.15) is 5.56 Å². The molecule has 1 unspecified atom stereocenters. The van der Waals surface area contributed by atoms with E-state index in [1.165, 1.54) is 11.9 Å². The van der Waals surface area contributed by atoms with Crippen LogP contribution in [0.25, 0.3) is 0 Å². The molecule has 1 aromatic carbocycles. The van der Waals surface area contributed by atoms with Gasteiger partial charge in [0.15, 0.2) is 0 Å². The zero-order chi connectivity index (χ0) is 6.53. The van der Waals surface area contributed by atoms with E-state index in [9.17, 15) is 0 Å². The van der Waals surface area contributed by atoms with Crippen molar-refractivity contribution in [3.05, 3.63) is 35.9 Å². The van der Waals surface area contributed by atoms with Crippen LogP contribution in [0.15, 0.2) is 30.3 Å². The van der Waals surface area contributed by atoms with E-state index in [0.29, 0.717) is 0 Å². The minimum Gasteiger partial charge on any atom is -0.174 e. The van der Waals surface area contributed by atoms with E-state index >= 15 is 0 Å². The smallest absolute Gasteiger partial charge is 0.149 e. The minimum absolute atomic E-state index is 1.16. The highest BCUT2D eigenvalue weighted by Crippen LogP contribution is 1.98. The van der Waals surface area contributed by atoms with Crippen molar-refractivity contribution < 1.29 is 0 Å². The highest BCUT2D eigenvalue weighted by Gasteiger charge is 1.86. The lowest BCUT2D eigenvalue weighted by Gasteiger charge is -1.92. The molecule has 0 nitrogen and oxygen atoms in total. The molecule has 0 aliphatic carbocycles. The lowest BCUT2D eigenvalue weighted by molar-refractivity contribution is 1.40. The van der Waals surface area contributed by atoms with Crippen LogP contribution in [-0.4, -0.2) is 7.00 Å². The van der Waals surface area contributed by atoms with Crippen molar-refractivity contribution in [2.45, 2.75) is 6.32 Å². The number of hydrogen-bond acceptors (Lipinski definition) is 0. The lowest BCUT2D eigenvalue weighted by atomic mass is 9.95. The van der Waals surface area contributed by atoms with Crippen molar-refractivity contribution in [1.29, 1.82) is 0 Å². The number of rotatable bonds is 2. The summed E-state index contributed by atoms with van der Waals surface area (Å²) in [6.45, 7) is 1.16. The Bertz CT molecular complexity index is 162. The Morgan fingerprint density at radius 1 is 1.22 bits per heavy atom. The largest absolute Gasteiger partial charge is 0.174 e. The summed E-state index contributed by atoms with van der Waals surface area (Å²) < 4.78 is 0. The molecule has 0 fully saturated rings. The number of benzene rings is 1. The Kier molecular flexibility index (Phi) is 2.80. The molecular weight excluding hydrogens is 126 g/mol. The third-order valence-electron chi connectivity index (χ3n) is 1.28. The molecular formula is C7H10BP. The molecule has 0 heterocycles. The fourth-order valence-corrected chi connectivity index (χ4v) is 1.14. The Labute approximate surface area is 59.1 Å². The Balaban J connectivity index is 2.61. The first kappa shape index (κ1) is 6.83. The zero-order valence-corrected chi connectivity index (χ0v) is 6.53. The van der Waals surface area contributed by atoms with E-state index in [2.05, 4.69) is 33.4 Å². The van der Waals surface area contributed by atoms with Gasteiger partial charge in [0.2, 0.25) is 0 Å². The van der Waals surface area contributed by atoms with Crippen LogP contribution in [0.3, 0.4) is 0 Å². The summed E-state index contributed by atoms with van der Waals surface area (Å²) in [5.74, 6) is 0. The zero-order valence-electron chi connectivity index (χ0n) is 5.38. The topological polar surface area (TPSA) is 0 Å². The molecule has 0 amide bonds. The van der Waals surface area contributed by atoms with Gasteiger partial charge in [-0.25, -0.2) is 0 Å². The summed E-state index contributed by atoms with van der Waals surface area (Å²) >= 11 is 0. The Morgan fingerprint density at radius 2 is 1.89 bits per heavy atom. The maximum atomic E-state index is 2.73. The molecule has 1 atom stereocenters. The molecule has 0 saturated carbocycles. The van der Waals surface area contributed by atoms with Gasteiger partial charge in [-0.15, -0.1) is 0 Å². The van der Waals surface area contributed by atoms with Crippen LogP contribution < -0.4 is 0 Å². The highest BCUT2D eigenvalue weighted by atomic mass is 31.0. The summed E-state index contributed by atoms with van der Waals surface area (Å²) in [7, 11) is 2.73. The second-order valence-corrected chi connectivity index (χ2v) is 2.60. The van der Waals surface area contributed by atoms with Gasteiger partial charge in [0.1, 0.15) is 7.00 Å². The van der Waals surface area contributed by atoms with Crippen molar-refractivity contribution in [3.63, 3.8) is 0 Å². The second kappa shape index (κ2) is 3.69. The van der Waals surface area contributed by atoms with Gasteiger partial charge in [0.05, 0.1) is 0 Å².